The molecule has 1 N–H and O–H groups in total. The zero-order valence-corrected chi connectivity index (χ0v) is 13.5. The van der Waals surface area contributed by atoms with Gasteiger partial charge in [0.1, 0.15) is 5.82 Å². The van der Waals surface area contributed by atoms with Gasteiger partial charge in [-0.05, 0) is 36.8 Å². The van der Waals surface area contributed by atoms with Crippen molar-refractivity contribution in [2.75, 3.05) is 5.32 Å². The summed E-state index contributed by atoms with van der Waals surface area (Å²) in [5, 5.41) is 9.49. The zero-order chi connectivity index (χ0) is 17.2. The van der Waals surface area contributed by atoms with Crippen molar-refractivity contribution < 1.29 is 17.2 Å². The van der Waals surface area contributed by atoms with Crippen molar-refractivity contribution in [3.63, 3.8) is 0 Å². The van der Waals surface area contributed by atoms with Crippen LogP contribution in [-0.2, 0) is 15.6 Å². The van der Waals surface area contributed by atoms with Gasteiger partial charge in [0.25, 0.3) is 0 Å². The molecule has 0 atom stereocenters. The van der Waals surface area contributed by atoms with E-state index >= 15 is 0 Å². The minimum Gasteiger partial charge on any atom is -0.394 e. The smallest absolute Gasteiger partial charge is 0.337 e. The highest BCUT2D eigenvalue weighted by Crippen LogP contribution is 2.20. The van der Waals surface area contributed by atoms with E-state index in [9.17, 15) is 12.8 Å². The summed E-state index contributed by atoms with van der Waals surface area (Å²) in [7, 11) is -3.74. The molecular weight excluding hydrogens is 333 g/mol. The van der Waals surface area contributed by atoms with E-state index in [-0.39, 0.29) is 17.6 Å². The summed E-state index contributed by atoms with van der Waals surface area (Å²) in [4.78, 5) is 0. The highest BCUT2D eigenvalue weighted by Gasteiger charge is 2.23. The van der Waals surface area contributed by atoms with Crippen LogP contribution in [0.3, 0.4) is 0 Å². The van der Waals surface area contributed by atoms with Crippen molar-refractivity contribution in [3.05, 3.63) is 65.5 Å². The fraction of sp³-hybridized carbons (Fsp3) is 0.125. The number of sulfone groups is 1. The minimum absolute atomic E-state index is 0.0795. The Morgan fingerprint density at radius 3 is 2.38 bits per heavy atom. The minimum atomic E-state index is -3.74. The maximum absolute atomic E-state index is 12.9. The van der Waals surface area contributed by atoms with Gasteiger partial charge in [-0.3, -0.25) is 0 Å². The number of nitrogens with one attached hydrogen (secondary N) is 1. The third-order valence-corrected chi connectivity index (χ3v) is 4.66. The predicted octanol–water partition coefficient (Wildman–Crippen LogP) is 3.23. The van der Waals surface area contributed by atoms with Gasteiger partial charge >= 0.3 is 11.2 Å². The van der Waals surface area contributed by atoms with E-state index in [1.54, 1.807) is 12.1 Å². The second-order valence-electron chi connectivity index (χ2n) is 5.25. The van der Waals surface area contributed by atoms with Crippen molar-refractivity contribution in [1.29, 1.82) is 0 Å². The molecule has 124 valence electrons. The molecule has 24 heavy (non-hydrogen) atoms. The van der Waals surface area contributed by atoms with E-state index in [0.29, 0.717) is 11.3 Å². The first kappa shape index (κ1) is 16.1. The van der Waals surface area contributed by atoms with Crippen LogP contribution in [0.2, 0.25) is 0 Å². The Hall–Kier alpha value is -2.74. The molecule has 0 bridgehead atoms. The largest absolute Gasteiger partial charge is 0.394 e. The third-order valence-electron chi connectivity index (χ3n) is 3.25. The second kappa shape index (κ2) is 6.40. The first-order chi connectivity index (χ1) is 11.4. The van der Waals surface area contributed by atoms with Crippen LogP contribution in [0.25, 0.3) is 0 Å². The first-order valence-electron chi connectivity index (χ1n) is 7.07. The average molecular weight is 347 g/mol. The quantitative estimate of drug-likeness (QED) is 0.763. The predicted molar refractivity (Wildman–Crippen MR) is 86.0 cm³/mol. The molecule has 0 aliphatic carbocycles. The lowest BCUT2D eigenvalue weighted by Crippen LogP contribution is -2.05. The summed E-state index contributed by atoms with van der Waals surface area (Å²) < 4.78 is 42.7. The average Bonchev–Trinajstić information content (AvgIpc) is 3.01. The lowest BCUT2D eigenvalue weighted by molar-refractivity contribution is 0.442. The number of aromatic nitrogens is 2. The molecule has 0 aliphatic heterocycles. The van der Waals surface area contributed by atoms with Crippen molar-refractivity contribution in [1.82, 2.24) is 10.2 Å². The molecule has 0 unspecified atom stereocenters. The molecule has 0 radical (unpaired) electrons. The lowest BCUT2D eigenvalue weighted by Gasteiger charge is -2.01. The third kappa shape index (κ3) is 3.77. The van der Waals surface area contributed by atoms with E-state index in [4.69, 9.17) is 4.42 Å². The van der Waals surface area contributed by atoms with E-state index < -0.39 is 15.1 Å². The van der Waals surface area contributed by atoms with Gasteiger partial charge in [-0.2, -0.15) is 0 Å². The number of anilines is 2. The molecule has 1 aromatic heterocycles. The van der Waals surface area contributed by atoms with E-state index in [1.165, 1.54) is 24.3 Å². The molecule has 0 saturated heterocycles. The topological polar surface area (TPSA) is 85.1 Å². The molecule has 8 heteroatoms. The maximum Gasteiger partial charge on any atom is 0.337 e. The number of rotatable bonds is 5. The molecule has 3 rings (SSSR count). The molecule has 0 spiro atoms. The van der Waals surface area contributed by atoms with E-state index in [2.05, 4.69) is 15.5 Å². The Bertz CT molecular complexity index is 935. The first-order valence-corrected chi connectivity index (χ1v) is 8.72. The van der Waals surface area contributed by atoms with Gasteiger partial charge in [-0.15, -0.1) is 0 Å². The number of benzene rings is 2. The molecule has 2 aromatic carbocycles. The summed E-state index contributed by atoms with van der Waals surface area (Å²) in [6.45, 7) is 1.92. The van der Waals surface area contributed by atoms with Gasteiger partial charge in [-0.25, -0.2) is 12.8 Å². The fourth-order valence-corrected chi connectivity index (χ4v) is 3.13. The monoisotopic (exact) mass is 347 g/mol. The van der Waals surface area contributed by atoms with E-state index in [1.807, 2.05) is 19.1 Å². The SMILES string of the molecule is Cc1ccc(CS(=O)(=O)c2nnc(Nc3ccc(F)cc3)o2)cc1. The van der Waals surface area contributed by atoms with Gasteiger partial charge in [0.05, 0.1) is 5.75 Å². The molecule has 0 aliphatic rings. The molecule has 1 heterocycles. The summed E-state index contributed by atoms with van der Waals surface area (Å²) in [5.41, 5.74) is 2.18. The zero-order valence-electron chi connectivity index (χ0n) is 12.7. The summed E-state index contributed by atoms with van der Waals surface area (Å²) in [5.74, 6) is -0.613. The van der Waals surface area contributed by atoms with Gasteiger partial charge in [-0.1, -0.05) is 40.0 Å². The van der Waals surface area contributed by atoms with Crippen LogP contribution in [0.4, 0.5) is 16.1 Å². The molecule has 0 amide bonds. The Balaban J connectivity index is 1.76. The Kier molecular flexibility index (Phi) is 4.30. The Morgan fingerprint density at radius 2 is 1.71 bits per heavy atom. The maximum atomic E-state index is 12.9. The number of halogens is 1. The van der Waals surface area contributed by atoms with Crippen LogP contribution >= 0.6 is 0 Å². The lowest BCUT2D eigenvalue weighted by atomic mass is 10.2. The highest BCUT2D eigenvalue weighted by atomic mass is 32.2. The van der Waals surface area contributed by atoms with Crippen molar-refractivity contribution in [3.8, 4) is 0 Å². The van der Waals surface area contributed by atoms with Crippen LogP contribution in [-0.4, -0.2) is 18.6 Å². The fourth-order valence-electron chi connectivity index (χ4n) is 2.01. The van der Waals surface area contributed by atoms with Gasteiger partial charge < -0.3 is 9.73 Å². The molecule has 6 nitrogen and oxygen atoms in total. The Morgan fingerprint density at radius 1 is 1.04 bits per heavy atom. The van der Waals surface area contributed by atoms with E-state index in [0.717, 1.165) is 5.56 Å². The van der Waals surface area contributed by atoms with Crippen molar-refractivity contribution >= 4 is 21.5 Å². The number of aryl methyl sites for hydroxylation is 1. The number of hydrogen-bond donors (Lipinski definition) is 1. The number of hydrogen-bond acceptors (Lipinski definition) is 6. The second-order valence-corrected chi connectivity index (χ2v) is 7.12. The molecule has 0 fully saturated rings. The molecular formula is C16H14FN3O3S. The van der Waals surface area contributed by atoms with Crippen LogP contribution in [0, 0.1) is 12.7 Å². The van der Waals surface area contributed by atoms with Crippen molar-refractivity contribution in [2.45, 2.75) is 17.9 Å². The standard InChI is InChI=1S/C16H14FN3O3S/c1-11-2-4-12(5-3-11)10-24(21,22)16-20-19-15(23-16)18-14-8-6-13(17)7-9-14/h2-9H,10H2,1H3,(H,18,19). The van der Waals surface area contributed by atoms with Gasteiger partial charge in [0.15, 0.2) is 0 Å². The Labute approximate surface area is 138 Å². The normalized spacial score (nSPS) is 11.4. The van der Waals surface area contributed by atoms with Crippen LogP contribution < -0.4 is 5.32 Å². The van der Waals surface area contributed by atoms with Crippen LogP contribution in [0.1, 0.15) is 11.1 Å². The van der Waals surface area contributed by atoms with Gasteiger partial charge in [0, 0.05) is 5.69 Å². The molecule has 0 saturated carbocycles. The van der Waals surface area contributed by atoms with Crippen LogP contribution in [0.5, 0.6) is 0 Å². The van der Waals surface area contributed by atoms with Crippen LogP contribution in [0.15, 0.2) is 58.2 Å². The summed E-state index contributed by atoms with van der Waals surface area (Å²) >= 11 is 0. The van der Waals surface area contributed by atoms with Crippen molar-refractivity contribution in [2.24, 2.45) is 0 Å². The molecule has 3 aromatic rings. The number of nitrogens with zero attached hydrogens (tertiary/aromatic N) is 2. The summed E-state index contributed by atoms with van der Waals surface area (Å²) in [6.07, 6.45) is 0. The highest BCUT2D eigenvalue weighted by molar-refractivity contribution is 7.90. The van der Waals surface area contributed by atoms with Gasteiger partial charge in [0.2, 0.25) is 9.84 Å². The summed E-state index contributed by atoms with van der Waals surface area (Å²) in [6, 6.07) is 12.5.